The summed E-state index contributed by atoms with van der Waals surface area (Å²) in [6.45, 7) is 3.76. The first kappa shape index (κ1) is 26.8. The minimum Gasteiger partial charge on any atom is -0.496 e. The third-order valence-electron chi connectivity index (χ3n) is 6.03. The maximum atomic E-state index is 14.9. The number of rotatable bonds is 10. The summed E-state index contributed by atoms with van der Waals surface area (Å²) in [4.78, 5) is 30.6. The standard InChI is InChI=1S/C29H28FN3O4S/c1-18(2)26(28(35)36)32-27(34)20-14-12-19(13-15-20)16-33(24-10-6-5-9-22(24)30)29-31-23(17-38-29)21-8-4-7-11-25(21)37-3/h4-15,17-18,26H,16H2,1-3H3,(H,32,34)(H,35,36). The number of benzene rings is 3. The van der Waals surface area contributed by atoms with Gasteiger partial charge in [-0.3, -0.25) is 4.79 Å². The second kappa shape index (κ2) is 11.9. The van der Waals surface area contributed by atoms with Crippen molar-refractivity contribution in [1.82, 2.24) is 10.3 Å². The Morgan fingerprint density at radius 1 is 1.05 bits per heavy atom. The van der Waals surface area contributed by atoms with Gasteiger partial charge in [-0.2, -0.15) is 0 Å². The van der Waals surface area contributed by atoms with Gasteiger partial charge in [0.15, 0.2) is 5.13 Å². The highest BCUT2D eigenvalue weighted by Crippen LogP contribution is 2.37. The van der Waals surface area contributed by atoms with E-state index in [0.29, 0.717) is 34.4 Å². The summed E-state index contributed by atoms with van der Waals surface area (Å²) in [5, 5.41) is 14.4. The van der Waals surface area contributed by atoms with Gasteiger partial charge in [-0.15, -0.1) is 11.3 Å². The highest BCUT2D eigenvalue weighted by molar-refractivity contribution is 7.14. The Morgan fingerprint density at radius 3 is 2.39 bits per heavy atom. The normalized spacial score (nSPS) is 11.7. The molecule has 1 atom stereocenters. The highest BCUT2D eigenvalue weighted by Gasteiger charge is 2.24. The number of nitrogens with zero attached hydrogens (tertiary/aromatic N) is 2. The highest BCUT2D eigenvalue weighted by atomic mass is 32.1. The number of methoxy groups -OCH3 is 1. The number of aromatic nitrogens is 1. The molecule has 7 nitrogen and oxygen atoms in total. The van der Waals surface area contributed by atoms with Gasteiger partial charge in [-0.05, 0) is 47.9 Å². The second-order valence-corrected chi connectivity index (χ2v) is 9.82. The summed E-state index contributed by atoms with van der Waals surface area (Å²) in [6.07, 6.45) is 0. The minimum atomic E-state index is -1.08. The summed E-state index contributed by atoms with van der Waals surface area (Å²) in [5.74, 6) is -1.50. The van der Waals surface area contributed by atoms with E-state index in [1.807, 2.05) is 29.6 Å². The lowest BCUT2D eigenvalue weighted by Crippen LogP contribution is -2.44. The van der Waals surface area contributed by atoms with Gasteiger partial charge in [0.25, 0.3) is 5.91 Å². The molecule has 0 saturated carbocycles. The predicted octanol–water partition coefficient (Wildman–Crippen LogP) is 6.14. The van der Waals surface area contributed by atoms with Crippen LogP contribution in [0.25, 0.3) is 11.3 Å². The molecule has 1 amide bonds. The molecule has 0 aliphatic carbocycles. The van der Waals surface area contributed by atoms with E-state index < -0.39 is 17.9 Å². The van der Waals surface area contributed by atoms with E-state index in [4.69, 9.17) is 9.72 Å². The number of thiazole rings is 1. The molecular weight excluding hydrogens is 505 g/mol. The molecule has 196 valence electrons. The molecule has 1 aromatic heterocycles. The van der Waals surface area contributed by atoms with E-state index >= 15 is 0 Å². The molecule has 0 aliphatic rings. The van der Waals surface area contributed by atoms with Crippen LogP contribution in [0.5, 0.6) is 5.75 Å². The maximum Gasteiger partial charge on any atom is 0.326 e. The zero-order valence-electron chi connectivity index (χ0n) is 21.2. The van der Waals surface area contributed by atoms with Crippen LogP contribution in [0.3, 0.4) is 0 Å². The molecule has 0 fully saturated rings. The average molecular weight is 534 g/mol. The quantitative estimate of drug-likeness (QED) is 0.255. The molecule has 1 heterocycles. The molecule has 3 aromatic carbocycles. The van der Waals surface area contributed by atoms with Crippen molar-refractivity contribution in [2.45, 2.75) is 26.4 Å². The van der Waals surface area contributed by atoms with Gasteiger partial charge >= 0.3 is 5.97 Å². The molecule has 2 N–H and O–H groups in total. The number of anilines is 2. The molecule has 4 aromatic rings. The molecule has 0 spiro atoms. The van der Waals surface area contributed by atoms with Crippen molar-refractivity contribution in [2.75, 3.05) is 12.0 Å². The molecule has 9 heteroatoms. The van der Waals surface area contributed by atoms with Gasteiger partial charge < -0.3 is 20.1 Å². The van der Waals surface area contributed by atoms with Crippen LogP contribution in [0, 0.1) is 11.7 Å². The Morgan fingerprint density at radius 2 is 1.74 bits per heavy atom. The average Bonchev–Trinajstić information content (AvgIpc) is 3.40. The third kappa shape index (κ3) is 6.00. The number of halogens is 1. The molecule has 38 heavy (non-hydrogen) atoms. The number of carboxylic acid groups (broad SMARTS) is 1. The van der Waals surface area contributed by atoms with E-state index in [1.165, 1.54) is 17.4 Å². The molecular formula is C29H28FN3O4S. The number of carboxylic acids is 1. The van der Waals surface area contributed by atoms with Crippen LogP contribution in [0.2, 0.25) is 0 Å². The largest absolute Gasteiger partial charge is 0.496 e. The van der Waals surface area contributed by atoms with E-state index in [2.05, 4.69) is 5.32 Å². The predicted molar refractivity (Wildman–Crippen MR) is 147 cm³/mol. The monoisotopic (exact) mass is 533 g/mol. The lowest BCUT2D eigenvalue weighted by atomic mass is 10.0. The van der Waals surface area contributed by atoms with Crippen molar-refractivity contribution in [3.63, 3.8) is 0 Å². The molecule has 1 unspecified atom stereocenters. The fraction of sp³-hybridized carbons (Fsp3) is 0.207. The van der Waals surface area contributed by atoms with E-state index in [1.54, 1.807) is 68.3 Å². The number of hydrogen-bond acceptors (Lipinski definition) is 6. The molecule has 0 bridgehead atoms. The Kier molecular flexibility index (Phi) is 8.38. The third-order valence-corrected chi connectivity index (χ3v) is 6.89. The minimum absolute atomic E-state index is 0.260. The van der Waals surface area contributed by atoms with Gasteiger partial charge in [0, 0.05) is 16.5 Å². The van der Waals surface area contributed by atoms with Gasteiger partial charge in [0.1, 0.15) is 17.6 Å². The van der Waals surface area contributed by atoms with Gasteiger partial charge in [0.2, 0.25) is 0 Å². The Labute approximate surface area is 224 Å². The van der Waals surface area contributed by atoms with E-state index in [9.17, 15) is 19.1 Å². The fourth-order valence-electron chi connectivity index (χ4n) is 3.98. The number of carbonyl (C=O) groups excluding carboxylic acids is 1. The first-order valence-corrected chi connectivity index (χ1v) is 12.9. The van der Waals surface area contributed by atoms with Crippen molar-refractivity contribution < 1.29 is 23.8 Å². The number of carbonyl (C=O) groups is 2. The summed E-state index contributed by atoms with van der Waals surface area (Å²) >= 11 is 1.39. The van der Waals surface area contributed by atoms with Gasteiger partial charge in [0.05, 0.1) is 25.0 Å². The molecule has 0 radical (unpaired) electrons. The number of aliphatic carboxylic acids is 1. The van der Waals surface area contributed by atoms with Crippen molar-refractivity contribution >= 4 is 34.0 Å². The maximum absolute atomic E-state index is 14.9. The number of nitrogens with one attached hydrogen (secondary N) is 1. The lowest BCUT2D eigenvalue weighted by molar-refractivity contribution is -0.140. The van der Waals surface area contributed by atoms with Crippen molar-refractivity contribution in [2.24, 2.45) is 5.92 Å². The number of amides is 1. The van der Waals surface area contributed by atoms with E-state index in [-0.39, 0.29) is 11.7 Å². The zero-order valence-corrected chi connectivity index (χ0v) is 22.0. The van der Waals surface area contributed by atoms with Gasteiger partial charge in [-0.25, -0.2) is 14.2 Å². The first-order valence-electron chi connectivity index (χ1n) is 12.0. The van der Waals surface area contributed by atoms with Crippen LogP contribution in [-0.2, 0) is 11.3 Å². The first-order chi connectivity index (χ1) is 18.3. The molecule has 4 rings (SSSR count). The SMILES string of the molecule is COc1ccccc1-c1csc(N(Cc2ccc(C(=O)NC(C(=O)O)C(C)C)cc2)c2ccccc2F)n1. The van der Waals surface area contributed by atoms with Crippen molar-refractivity contribution in [1.29, 1.82) is 0 Å². The lowest BCUT2D eigenvalue weighted by Gasteiger charge is -2.23. The summed E-state index contributed by atoms with van der Waals surface area (Å²) in [5.41, 5.74) is 3.08. The Bertz CT molecular complexity index is 1420. The summed E-state index contributed by atoms with van der Waals surface area (Å²) < 4.78 is 20.4. The van der Waals surface area contributed by atoms with Crippen molar-refractivity contribution in [3.05, 3.63) is 95.1 Å². The second-order valence-electron chi connectivity index (χ2n) is 8.98. The fourth-order valence-corrected chi connectivity index (χ4v) is 4.81. The van der Waals surface area contributed by atoms with Crippen LogP contribution < -0.4 is 15.0 Å². The van der Waals surface area contributed by atoms with Gasteiger partial charge in [-0.1, -0.05) is 50.2 Å². The number of ether oxygens (including phenoxy) is 1. The molecule has 0 saturated heterocycles. The smallest absolute Gasteiger partial charge is 0.326 e. The Balaban J connectivity index is 1.61. The summed E-state index contributed by atoms with van der Waals surface area (Å²) in [7, 11) is 1.60. The van der Waals surface area contributed by atoms with Crippen LogP contribution in [0.1, 0.15) is 29.8 Å². The van der Waals surface area contributed by atoms with E-state index in [0.717, 1.165) is 11.1 Å². The zero-order chi connectivity index (χ0) is 27.2. The topological polar surface area (TPSA) is 91.8 Å². The van der Waals surface area contributed by atoms with Crippen molar-refractivity contribution in [3.8, 4) is 17.0 Å². The molecule has 0 aliphatic heterocycles. The van der Waals surface area contributed by atoms with Crippen LogP contribution in [0.15, 0.2) is 78.2 Å². The van der Waals surface area contributed by atoms with Crippen LogP contribution in [0.4, 0.5) is 15.2 Å². The van der Waals surface area contributed by atoms with Crippen LogP contribution >= 0.6 is 11.3 Å². The number of para-hydroxylation sites is 2. The number of hydrogen-bond donors (Lipinski definition) is 2. The Hall–Kier alpha value is -4.24. The summed E-state index contributed by atoms with van der Waals surface area (Å²) in [6, 6.07) is 19.9. The van der Waals surface area contributed by atoms with Crippen LogP contribution in [-0.4, -0.2) is 35.1 Å².